The number of aromatic nitrogens is 1. The lowest BCUT2D eigenvalue weighted by atomic mass is 10.3. The number of pyridine rings is 1. The Hall–Kier alpha value is -0.760. The molecule has 1 saturated carbocycles. The third-order valence-electron chi connectivity index (χ3n) is 2.43. The highest BCUT2D eigenvalue weighted by atomic mass is 35.5. The largest absolute Gasteiger partial charge is 0.339 e. The molecular formula is C10H12ClNO. The molecule has 0 spiro atoms. The van der Waals surface area contributed by atoms with E-state index in [1.54, 1.807) is 12.3 Å². The van der Waals surface area contributed by atoms with Gasteiger partial charge in [0.2, 0.25) is 0 Å². The molecule has 2 nitrogen and oxygen atoms in total. The monoisotopic (exact) mass is 197 g/mol. The third kappa shape index (κ3) is 2.34. The molecule has 0 aromatic carbocycles. The number of halogens is 1. The highest BCUT2D eigenvalue weighted by molar-refractivity contribution is 6.29. The molecule has 0 bridgehead atoms. The van der Waals surface area contributed by atoms with Crippen molar-refractivity contribution in [2.75, 3.05) is 0 Å². The minimum absolute atomic E-state index is 0.0207. The van der Waals surface area contributed by atoms with Gasteiger partial charge in [-0.25, -0.2) is 0 Å². The summed E-state index contributed by atoms with van der Waals surface area (Å²) in [6.07, 6.45) is 5.67. The van der Waals surface area contributed by atoms with Crippen LogP contribution < -0.4 is 5.43 Å². The first-order chi connectivity index (χ1) is 6.25. The molecule has 0 unspecified atom stereocenters. The third-order valence-corrected chi connectivity index (χ3v) is 2.76. The number of nitrogens with zero attached hydrogens (tertiary/aromatic N) is 1. The Morgan fingerprint density at radius 2 is 2.31 bits per heavy atom. The molecule has 0 atom stereocenters. The van der Waals surface area contributed by atoms with Crippen LogP contribution in [0.1, 0.15) is 19.3 Å². The SMILES string of the molecule is O=c1ccn(CCC2CC2)c(Cl)c1. The van der Waals surface area contributed by atoms with Crippen molar-refractivity contribution in [1.82, 2.24) is 4.57 Å². The Labute approximate surface area is 82.1 Å². The Morgan fingerprint density at radius 3 is 2.92 bits per heavy atom. The van der Waals surface area contributed by atoms with Crippen LogP contribution in [0.25, 0.3) is 0 Å². The molecule has 1 heterocycles. The van der Waals surface area contributed by atoms with Crippen LogP contribution in [0.3, 0.4) is 0 Å². The average molecular weight is 198 g/mol. The molecule has 3 heteroatoms. The molecule has 1 aromatic heterocycles. The van der Waals surface area contributed by atoms with Gasteiger partial charge in [0.1, 0.15) is 5.15 Å². The van der Waals surface area contributed by atoms with Crippen molar-refractivity contribution in [2.45, 2.75) is 25.8 Å². The van der Waals surface area contributed by atoms with E-state index < -0.39 is 0 Å². The van der Waals surface area contributed by atoms with E-state index in [1.807, 2.05) is 4.57 Å². The first-order valence-electron chi connectivity index (χ1n) is 4.62. The normalized spacial score (nSPS) is 16.1. The highest BCUT2D eigenvalue weighted by Crippen LogP contribution is 2.32. The Kier molecular flexibility index (Phi) is 2.40. The Bertz CT molecular complexity index is 354. The molecule has 1 aromatic rings. The van der Waals surface area contributed by atoms with Crippen LogP contribution >= 0.6 is 11.6 Å². The van der Waals surface area contributed by atoms with Gasteiger partial charge in [-0.15, -0.1) is 0 Å². The van der Waals surface area contributed by atoms with Crippen LogP contribution in [0, 0.1) is 5.92 Å². The summed E-state index contributed by atoms with van der Waals surface area (Å²) in [4.78, 5) is 10.9. The first-order valence-corrected chi connectivity index (χ1v) is 4.99. The van der Waals surface area contributed by atoms with Crippen LogP contribution in [0.5, 0.6) is 0 Å². The summed E-state index contributed by atoms with van der Waals surface area (Å²) < 4.78 is 1.93. The van der Waals surface area contributed by atoms with Crippen molar-refractivity contribution in [3.63, 3.8) is 0 Å². The van der Waals surface area contributed by atoms with Crippen LogP contribution in [0.15, 0.2) is 23.1 Å². The molecule has 0 saturated heterocycles. The van der Waals surface area contributed by atoms with Crippen LogP contribution in [-0.2, 0) is 6.54 Å². The van der Waals surface area contributed by atoms with E-state index in [9.17, 15) is 4.79 Å². The summed E-state index contributed by atoms with van der Waals surface area (Å²) in [6, 6.07) is 3.02. The van der Waals surface area contributed by atoms with Gasteiger partial charge in [0.25, 0.3) is 0 Å². The van der Waals surface area contributed by atoms with Crippen LogP contribution in [-0.4, -0.2) is 4.57 Å². The highest BCUT2D eigenvalue weighted by Gasteiger charge is 2.20. The molecule has 1 fully saturated rings. The summed E-state index contributed by atoms with van der Waals surface area (Å²) in [7, 11) is 0. The number of aryl methyl sites for hydroxylation is 1. The second-order valence-corrected chi connectivity index (χ2v) is 4.00. The van der Waals surface area contributed by atoms with Gasteiger partial charge in [-0.2, -0.15) is 0 Å². The van der Waals surface area contributed by atoms with Gasteiger partial charge in [0, 0.05) is 24.9 Å². The van der Waals surface area contributed by atoms with Gasteiger partial charge < -0.3 is 4.57 Å². The number of hydrogen-bond acceptors (Lipinski definition) is 1. The van der Waals surface area contributed by atoms with Crippen molar-refractivity contribution in [2.24, 2.45) is 5.92 Å². The summed E-state index contributed by atoms with van der Waals surface area (Å²) >= 11 is 5.90. The molecule has 0 amide bonds. The van der Waals surface area contributed by atoms with Crippen molar-refractivity contribution in [3.05, 3.63) is 33.7 Å². The standard InChI is InChI=1S/C10H12ClNO/c11-10-7-9(13)4-6-12(10)5-3-8-1-2-8/h4,6-8H,1-3,5H2. The summed E-state index contributed by atoms with van der Waals surface area (Å²) in [5.74, 6) is 0.899. The summed E-state index contributed by atoms with van der Waals surface area (Å²) in [5, 5.41) is 0.549. The molecule has 1 aliphatic carbocycles. The van der Waals surface area contributed by atoms with Crippen molar-refractivity contribution < 1.29 is 0 Å². The Morgan fingerprint density at radius 1 is 1.54 bits per heavy atom. The predicted octanol–water partition coefficient (Wildman–Crippen LogP) is 2.30. The lowest BCUT2D eigenvalue weighted by Gasteiger charge is -2.06. The predicted molar refractivity (Wildman–Crippen MR) is 53.1 cm³/mol. The lowest BCUT2D eigenvalue weighted by molar-refractivity contribution is 0.594. The van der Waals surface area contributed by atoms with E-state index in [-0.39, 0.29) is 5.43 Å². The molecule has 1 aliphatic rings. The van der Waals surface area contributed by atoms with E-state index in [0.717, 1.165) is 12.5 Å². The maximum absolute atomic E-state index is 10.9. The van der Waals surface area contributed by atoms with Crippen molar-refractivity contribution in [3.8, 4) is 0 Å². The van der Waals surface area contributed by atoms with Crippen LogP contribution in [0.2, 0.25) is 5.15 Å². The second kappa shape index (κ2) is 3.54. The second-order valence-electron chi connectivity index (χ2n) is 3.61. The number of rotatable bonds is 3. The smallest absolute Gasteiger partial charge is 0.183 e. The van der Waals surface area contributed by atoms with Crippen LogP contribution in [0.4, 0.5) is 0 Å². The zero-order chi connectivity index (χ0) is 9.26. The minimum atomic E-state index is -0.0207. The van der Waals surface area contributed by atoms with Gasteiger partial charge >= 0.3 is 0 Å². The fraction of sp³-hybridized carbons (Fsp3) is 0.500. The van der Waals surface area contributed by atoms with Crippen molar-refractivity contribution in [1.29, 1.82) is 0 Å². The molecule has 0 aliphatic heterocycles. The zero-order valence-corrected chi connectivity index (χ0v) is 8.13. The summed E-state index contributed by atoms with van der Waals surface area (Å²) in [5.41, 5.74) is -0.0207. The van der Waals surface area contributed by atoms with E-state index in [4.69, 9.17) is 11.6 Å². The molecule has 0 radical (unpaired) electrons. The van der Waals surface area contributed by atoms with Gasteiger partial charge in [-0.05, 0) is 12.3 Å². The van der Waals surface area contributed by atoms with E-state index in [1.165, 1.54) is 25.3 Å². The Balaban J connectivity index is 2.05. The van der Waals surface area contributed by atoms with Crippen molar-refractivity contribution >= 4 is 11.6 Å². The maximum atomic E-state index is 10.9. The molecular weight excluding hydrogens is 186 g/mol. The molecule has 13 heavy (non-hydrogen) atoms. The lowest BCUT2D eigenvalue weighted by Crippen LogP contribution is -2.06. The molecule has 2 rings (SSSR count). The van der Waals surface area contributed by atoms with Gasteiger partial charge in [-0.1, -0.05) is 24.4 Å². The van der Waals surface area contributed by atoms with E-state index in [2.05, 4.69) is 0 Å². The fourth-order valence-electron chi connectivity index (χ4n) is 1.39. The molecule has 70 valence electrons. The van der Waals surface area contributed by atoms with Gasteiger partial charge in [0.05, 0.1) is 0 Å². The fourth-order valence-corrected chi connectivity index (χ4v) is 1.64. The topological polar surface area (TPSA) is 22.0 Å². The average Bonchev–Trinajstić information content (AvgIpc) is 2.86. The quantitative estimate of drug-likeness (QED) is 0.682. The van der Waals surface area contributed by atoms with Gasteiger partial charge in [0.15, 0.2) is 5.43 Å². The number of hydrogen-bond donors (Lipinski definition) is 0. The van der Waals surface area contributed by atoms with E-state index in [0.29, 0.717) is 5.15 Å². The first kappa shape index (κ1) is 8.82. The summed E-state index contributed by atoms with van der Waals surface area (Å²) in [6.45, 7) is 0.934. The minimum Gasteiger partial charge on any atom is -0.339 e. The van der Waals surface area contributed by atoms with E-state index >= 15 is 0 Å². The zero-order valence-electron chi connectivity index (χ0n) is 7.37. The van der Waals surface area contributed by atoms with Gasteiger partial charge in [-0.3, -0.25) is 4.79 Å². The maximum Gasteiger partial charge on any atom is 0.183 e. The molecule has 0 N–H and O–H groups in total.